The van der Waals surface area contributed by atoms with Crippen molar-refractivity contribution < 1.29 is 15.0 Å². The molecule has 1 rings (SSSR count). The monoisotopic (exact) mass is 187 g/mol. The van der Waals surface area contributed by atoms with Gasteiger partial charge in [-0.1, -0.05) is 0 Å². The van der Waals surface area contributed by atoms with E-state index < -0.39 is 6.09 Å². The first kappa shape index (κ1) is 10.3. The maximum Gasteiger partial charge on any atom is 0.404 e. The van der Waals surface area contributed by atoms with E-state index >= 15 is 0 Å². The van der Waals surface area contributed by atoms with Gasteiger partial charge in [-0.3, -0.25) is 0 Å². The third-order valence-electron chi connectivity index (χ3n) is 2.51. The van der Waals surface area contributed by atoms with Gasteiger partial charge in [0, 0.05) is 6.04 Å². The molecule has 1 aliphatic rings. The van der Waals surface area contributed by atoms with E-state index in [9.17, 15) is 9.90 Å². The molecule has 0 spiro atoms. The number of amides is 1. The molecule has 0 atom stereocenters. The Kier molecular flexibility index (Phi) is 4.02. The van der Waals surface area contributed by atoms with Gasteiger partial charge in [-0.15, -0.1) is 0 Å². The lowest BCUT2D eigenvalue weighted by Crippen LogP contribution is -2.34. The topological polar surface area (TPSA) is 69.6 Å². The number of hydrogen-bond acceptors (Lipinski definition) is 2. The van der Waals surface area contributed by atoms with Gasteiger partial charge in [0.25, 0.3) is 0 Å². The van der Waals surface area contributed by atoms with Crippen LogP contribution in [0.3, 0.4) is 0 Å². The largest absolute Gasteiger partial charge is 0.465 e. The van der Waals surface area contributed by atoms with E-state index in [1.807, 2.05) is 0 Å². The third-order valence-corrected chi connectivity index (χ3v) is 2.51. The number of carboxylic acid groups (broad SMARTS) is 1. The molecular weight excluding hydrogens is 170 g/mol. The second-order valence-corrected chi connectivity index (χ2v) is 3.66. The van der Waals surface area contributed by atoms with Gasteiger partial charge in [-0.05, 0) is 38.5 Å². The highest BCUT2D eigenvalue weighted by Crippen LogP contribution is 2.17. The Morgan fingerprint density at radius 2 is 1.69 bits per heavy atom. The zero-order chi connectivity index (χ0) is 9.68. The number of hydrogen-bond donors (Lipinski definition) is 3. The van der Waals surface area contributed by atoms with Gasteiger partial charge in [-0.25, -0.2) is 4.79 Å². The fourth-order valence-electron chi connectivity index (χ4n) is 1.81. The van der Waals surface area contributed by atoms with Crippen molar-refractivity contribution in [3.05, 3.63) is 0 Å². The minimum atomic E-state index is -0.939. The fraction of sp³-hybridized carbons (Fsp3) is 0.889. The lowest BCUT2D eigenvalue weighted by molar-refractivity contribution is 0.135. The molecular formula is C9H17NO3. The molecule has 1 saturated carbocycles. The number of aliphatic hydroxyl groups excluding tert-OH is 1. The number of nitrogens with one attached hydrogen (secondary N) is 1. The van der Waals surface area contributed by atoms with E-state index in [-0.39, 0.29) is 12.1 Å². The first-order valence-corrected chi connectivity index (χ1v) is 4.86. The minimum absolute atomic E-state index is 0.0880. The first-order valence-electron chi connectivity index (χ1n) is 4.86. The van der Waals surface area contributed by atoms with Crippen molar-refractivity contribution in [3.8, 4) is 0 Å². The van der Waals surface area contributed by atoms with Crippen molar-refractivity contribution in [1.82, 2.24) is 5.32 Å². The van der Waals surface area contributed by atoms with Crippen LogP contribution in [-0.4, -0.2) is 28.5 Å². The summed E-state index contributed by atoms with van der Waals surface area (Å²) in [6.07, 6.45) is 4.01. The van der Waals surface area contributed by atoms with Crippen LogP contribution >= 0.6 is 0 Å². The van der Waals surface area contributed by atoms with Gasteiger partial charge in [0.15, 0.2) is 0 Å². The molecule has 0 aliphatic heterocycles. The van der Waals surface area contributed by atoms with Crippen LogP contribution < -0.4 is 5.32 Å². The third kappa shape index (κ3) is 4.12. The van der Waals surface area contributed by atoms with Gasteiger partial charge in [-0.2, -0.15) is 0 Å². The summed E-state index contributed by atoms with van der Waals surface area (Å²) in [7, 11) is 0. The number of carbonyl (C=O) groups is 1. The van der Waals surface area contributed by atoms with Crippen molar-refractivity contribution in [1.29, 1.82) is 0 Å². The molecule has 1 amide bonds. The molecule has 1 fully saturated rings. The first-order chi connectivity index (χ1) is 6.18. The Morgan fingerprint density at radius 3 is 2.15 bits per heavy atom. The highest BCUT2D eigenvalue weighted by molar-refractivity contribution is 5.64. The van der Waals surface area contributed by atoms with E-state index in [1.54, 1.807) is 0 Å². The zero-order valence-corrected chi connectivity index (χ0v) is 7.70. The van der Waals surface area contributed by atoms with Crippen LogP contribution in [0.5, 0.6) is 0 Å². The molecule has 0 bridgehead atoms. The summed E-state index contributed by atoms with van der Waals surface area (Å²) in [5.74, 6) is 0. The van der Waals surface area contributed by atoms with Gasteiger partial charge in [0.1, 0.15) is 0 Å². The smallest absolute Gasteiger partial charge is 0.404 e. The second kappa shape index (κ2) is 5.07. The molecule has 0 aromatic rings. The summed E-state index contributed by atoms with van der Waals surface area (Å²) in [4.78, 5) is 10.4. The summed E-state index contributed by atoms with van der Waals surface area (Å²) in [5.41, 5.74) is 0. The lowest BCUT2D eigenvalue weighted by Gasteiger charge is -2.21. The molecule has 0 heterocycles. The summed E-state index contributed by atoms with van der Waals surface area (Å²) < 4.78 is 0. The van der Waals surface area contributed by atoms with Crippen molar-refractivity contribution in [3.63, 3.8) is 0 Å². The molecule has 1 aliphatic carbocycles. The Balaban J connectivity index is 2.28. The molecule has 13 heavy (non-hydrogen) atoms. The molecule has 4 nitrogen and oxygen atoms in total. The summed E-state index contributed by atoms with van der Waals surface area (Å²) in [5, 5.41) is 20.4. The lowest BCUT2D eigenvalue weighted by atomic mass is 9.95. The predicted octanol–water partition coefficient (Wildman–Crippen LogP) is 1.34. The highest BCUT2D eigenvalue weighted by atomic mass is 16.4. The maximum atomic E-state index is 10.4. The van der Waals surface area contributed by atoms with Gasteiger partial charge >= 0.3 is 6.09 Å². The fourth-order valence-corrected chi connectivity index (χ4v) is 1.81. The minimum Gasteiger partial charge on any atom is -0.465 e. The SMILES string of the molecule is O=C(O)NC1CCCC(O)CCC1. The van der Waals surface area contributed by atoms with Crippen LogP contribution in [0, 0.1) is 0 Å². The quantitative estimate of drug-likeness (QED) is 0.580. The highest BCUT2D eigenvalue weighted by Gasteiger charge is 2.16. The van der Waals surface area contributed by atoms with Gasteiger partial charge < -0.3 is 15.5 Å². The second-order valence-electron chi connectivity index (χ2n) is 3.66. The normalized spacial score (nSPS) is 30.2. The standard InChI is InChI=1S/C9H17NO3/c11-8-5-1-3-7(4-2-6-8)10-9(12)13/h7-8,10-11H,1-6H2,(H,12,13). The molecule has 4 heteroatoms. The van der Waals surface area contributed by atoms with Crippen LogP contribution in [0.4, 0.5) is 4.79 Å². The Morgan fingerprint density at radius 1 is 1.15 bits per heavy atom. The molecule has 0 aromatic carbocycles. The van der Waals surface area contributed by atoms with E-state index in [2.05, 4.69) is 5.32 Å². The predicted molar refractivity (Wildman–Crippen MR) is 48.7 cm³/mol. The van der Waals surface area contributed by atoms with Crippen LogP contribution in [0.25, 0.3) is 0 Å². The summed E-state index contributed by atoms with van der Waals surface area (Å²) in [6.45, 7) is 0. The number of aliphatic hydroxyl groups is 1. The average molecular weight is 187 g/mol. The summed E-state index contributed by atoms with van der Waals surface area (Å²) in [6, 6.07) is 0.0880. The molecule has 3 N–H and O–H groups in total. The van der Waals surface area contributed by atoms with Crippen molar-refractivity contribution >= 4 is 6.09 Å². The maximum absolute atomic E-state index is 10.4. The Bertz CT molecular complexity index is 162. The van der Waals surface area contributed by atoms with E-state index in [1.165, 1.54) is 0 Å². The van der Waals surface area contributed by atoms with E-state index in [4.69, 9.17) is 5.11 Å². The van der Waals surface area contributed by atoms with Crippen molar-refractivity contribution in [2.45, 2.75) is 50.7 Å². The molecule has 0 aromatic heterocycles. The van der Waals surface area contributed by atoms with Crippen molar-refractivity contribution in [2.75, 3.05) is 0 Å². The van der Waals surface area contributed by atoms with Gasteiger partial charge in [0.2, 0.25) is 0 Å². The molecule has 0 radical (unpaired) electrons. The molecule has 0 unspecified atom stereocenters. The average Bonchev–Trinajstić information content (AvgIpc) is 1.99. The van der Waals surface area contributed by atoms with Crippen molar-refractivity contribution in [2.24, 2.45) is 0 Å². The van der Waals surface area contributed by atoms with Crippen LogP contribution in [0.1, 0.15) is 38.5 Å². The van der Waals surface area contributed by atoms with Crippen LogP contribution in [-0.2, 0) is 0 Å². The number of rotatable bonds is 1. The van der Waals surface area contributed by atoms with Crippen LogP contribution in [0.15, 0.2) is 0 Å². The van der Waals surface area contributed by atoms with Gasteiger partial charge in [0.05, 0.1) is 6.10 Å². The Hall–Kier alpha value is -0.770. The Labute approximate surface area is 78.0 Å². The summed E-state index contributed by atoms with van der Waals surface area (Å²) >= 11 is 0. The van der Waals surface area contributed by atoms with Crippen LogP contribution in [0.2, 0.25) is 0 Å². The molecule has 0 saturated heterocycles. The molecule has 76 valence electrons. The van der Waals surface area contributed by atoms with E-state index in [0.29, 0.717) is 0 Å². The van der Waals surface area contributed by atoms with E-state index in [0.717, 1.165) is 38.5 Å². The zero-order valence-electron chi connectivity index (χ0n) is 7.70.